The molecule has 2 fully saturated rings. The second-order valence-corrected chi connectivity index (χ2v) is 5.29. The van der Waals surface area contributed by atoms with E-state index in [1.165, 1.54) is 0 Å². The maximum absolute atomic E-state index is 13.4. The Balaban J connectivity index is 1.85. The van der Waals surface area contributed by atoms with Crippen LogP contribution in [0, 0.1) is 10.1 Å². The maximum atomic E-state index is 13.4. The Labute approximate surface area is 128 Å². The minimum Gasteiger partial charge on any atom is -0.431 e. The molecule has 2 aliphatic rings. The summed E-state index contributed by atoms with van der Waals surface area (Å²) in [5, 5.41) is 10.6. The first-order valence-electron chi connectivity index (χ1n) is 6.83. The van der Waals surface area contributed by atoms with E-state index in [0.29, 0.717) is 12.8 Å². The van der Waals surface area contributed by atoms with Gasteiger partial charge in [0.1, 0.15) is 5.75 Å². The van der Waals surface area contributed by atoms with Gasteiger partial charge in [-0.25, -0.2) is 0 Å². The van der Waals surface area contributed by atoms with E-state index in [4.69, 9.17) is 14.4 Å². The third-order valence-corrected chi connectivity index (χ3v) is 3.64. The minimum absolute atomic E-state index is 0.258. The number of hydrogen-bond acceptors (Lipinski definition) is 6. The average Bonchev–Trinajstić information content (AvgIpc) is 3.08. The van der Waals surface area contributed by atoms with Crippen LogP contribution in [0.5, 0.6) is 5.75 Å². The molecule has 1 unspecified atom stereocenters. The third-order valence-electron chi connectivity index (χ3n) is 3.64. The fraction of sp³-hybridized carbons (Fsp3) is 0.538. The number of alkyl halides is 3. The number of ether oxygens (including phenoxy) is 2. The highest BCUT2D eigenvalue weighted by atomic mass is 19.4. The molecule has 126 valence electrons. The lowest BCUT2D eigenvalue weighted by Gasteiger charge is -2.28. The zero-order chi connectivity index (χ0) is 16.7. The first kappa shape index (κ1) is 16.0. The molecule has 1 saturated heterocycles. The van der Waals surface area contributed by atoms with Crippen molar-refractivity contribution in [3.05, 3.63) is 34.4 Å². The molecule has 1 atom stereocenters. The van der Waals surface area contributed by atoms with Crippen molar-refractivity contribution in [3.63, 3.8) is 0 Å². The molecule has 1 aliphatic heterocycles. The zero-order valence-electron chi connectivity index (χ0n) is 11.7. The van der Waals surface area contributed by atoms with Crippen LogP contribution >= 0.6 is 0 Å². The van der Waals surface area contributed by atoms with Crippen molar-refractivity contribution in [1.29, 1.82) is 0 Å². The van der Waals surface area contributed by atoms with Gasteiger partial charge in [0, 0.05) is 25.0 Å². The van der Waals surface area contributed by atoms with Crippen LogP contribution in [0.25, 0.3) is 0 Å². The van der Waals surface area contributed by atoms with Crippen molar-refractivity contribution in [3.8, 4) is 5.75 Å². The average molecular weight is 335 g/mol. The van der Waals surface area contributed by atoms with Crippen LogP contribution in [0.1, 0.15) is 25.7 Å². The number of non-ortho nitro benzene ring substituents is 1. The Morgan fingerprint density at radius 2 is 1.74 bits per heavy atom. The van der Waals surface area contributed by atoms with Crippen molar-refractivity contribution >= 4 is 5.69 Å². The first-order chi connectivity index (χ1) is 10.8. The summed E-state index contributed by atoms with van der Waals surface area (Å²) in [6.45, 7) is 0. The molecule has 1 aliphatic carbocycles. The van der Waals surface area contributed by atoms with E-state index < -0.39 is 22.9 Å². The van der Waals surface area contributed by atoms with E-state index in [1.54, 1.807) is 0 Å². The van der Waals surface area contributed by atoms with Gasteiger partial charge in [0.05, 0.1) is 4.92 Å². The van der Waals surface area contributed by atoms with Crippen LogP contribution in [0.3, 0.4) is 0 Å². The third kappa shape index (κ3) is 2.84. The summed E-state index contributed by atoms with van der Waals surface area (Å²) in [5.74, 6) is -5.17. The van der Waals surface area contributed by atoms with Gasteiger partial charge in [0.15, 0.2) is 0 Å². The van der Waals surface area contributed by atoms with E-state index in [2.05, 4.69) is 4.89 Å². The van der Waals surface area contributed by atoms with Crippen LogP contribution in [-0.2, 0) is 14.5 Å². The highest BCUT2D eigenvalue weighted by molar-refractivity contribution is 5.36. The molecule has 23 heavy (non-hydrogen) atoms. The zero-order valence-corrected chi connectivity index (χ0v) is 11.7. The topological polar surface area (TPSA) is 80.1 Å². The maximum Gasteiger partial charge on any atom is 0.489 e. The van der Waals surface area contributed by atoms with Gasteiger partial charge in [-0.1, -0.05) is 0 Å². The number of nitrogens with zero attached hydrogens (tertiary/aromatic N) is 1. The normalized spacial score (nSPS) is 26.6. The van der Waals surface area contributed by atoms with Crippen molar-refractivity contribution in [2.24, 2.45) is 0 Å². The lowest BCUT2D eigenvalue weighted by atomic mass is 10.2. The summed E-state index contributed by atoms with van der Waals surface area (Å²) in [6.07, 6.45) is -3.21. The fourth-order valence-electron chi connectivity index (χ4n) is 2.50. The van der Waals surface area contributed by atoms with Gasteiger partial charge >= 0.3 is 12.1 Å². The van der Waals surface area contributed by atoms with Gasteiger partial charge in [0.25, 0.3) is 5.69 Å². The standard InChI is InChI=1S/C13H12F3NO6/c14-12(15,16)13(21-11(22-23-13)7-1-2-8-11)20-10-5-3-9(4-6-10)17(18)19/h3-6H,1-2,7-8H2. The number of benzene rings is 1. The number of nitro groups is 1. The molecular formula is C13H12F3NO6. The molecule has 3 rings (SSSR count). The Morgan fingerprint density at radius 1 is 1.13 bits per heavy atom. The molecule has 1 heterocycles. The molecule has 0 aromatic heterocycles. The van der Waals surface area contributed by atoms with E-state index in [0.717, 1.165) is 24.3 Å². The molecule has 0 N–H and O–H groups in total. The summed E-state index contributed by atoms with van der Waals surface area (Å²) >= 11 is 0. The van der Waals surface area contributed by atoms with Crippen LogP contribution in [-0.4, -0.2) is 22.9 Å². The van der Waals surface area contributed by atoms with Gasteiger partial charge in [0.2, 0.25) is 5.79 Å². The molecule has 1 saturated carbocycles. The van der Waals surface area contributed by atoms with Gasteiger partial charge in [-0.05, 0) is 25.0 Å². The van der Waals surface area contributed by atoms with Gasteiger partial charge in [-0.3, -0.25) is 14.9 Å². The molecule has 0 amide bonds. The van der Waals surface area contributed by atoms with Crippen molar-refractivity contribution in [2.75, 3.05) is 0 Å². The lowest BCUT2D eigenvalue weighted by molar-refractivity contribution is -0.474. The quantitative estimate of drug-likeness (QED) is 0.478. The van der Waals surface area contributed by atoms with Crippen LogP contribution < -0.4 is 4.74 Å². The molecule has 1 aromatic carbocycles. The summed E-state index contributed by atoms with van der Waals surface area (Å²) in [6, 6.07) is 4.08. The van der Waals surface area contributed by atoms with E-state index >= 15 is 0 Å². The minimum atomic E-state index is -5.03. The lowest BCUT2D eigenvalue weighted by Crippen LogP contribution is -2.52. The highest BCUT2D eigenvalue weighted by Gasteiger charge is 2.71. The van der Waals surface area contributed by atoms with Gasteiger partial charge < -0.3 is 4.74 Å². The smallest absolute Gasteiger partial charge is 0.431 e. The molecule has 1 spiro atoms. The van der Waals surface area contributed by atoms with Crippen LogP contribution in [0.2, 0.25) is 0 Å². The highest BCUT2D eigenvalue weighted by Crippen LogP contribution is 2.50. The number of rotatable bonds is 3. The Morgan fingerprint density at radius 3 is 2.26 bits per heavy atom. The number of nitro benzene ring substituents is 1. The van der Waals surface area contributed by atoms with Gasteiger partial charge in [-0.2, -0.15) is 18.1 Å². The summed E-state index contributed by atoms with van der Waals surface area (Å²) in [7, 11) is 0. The van der Waals surface area contributed by atoms with E-state index in [1.807, 2.05) is 0 Å². The van der Waals surface area contributed by atoms with Crippen LogP contribution in [0.4, 0.5) is 18.9 Å². The second kappa shape index (κ2) is 5.32. The van der Waals surface area contributed by atoms with E-state index in [-0.39, 0.29) is 24.3 Å². The molecule has 1 aromatic rings. The van der Waals surface area contributed by atoms with Crippen molar-refractivity contribution < 1.29 is 37.3 Å². The summed E-state index contributed by atoms with van der Waals surface area (Å²) in [5.41, 5.74) is -0.282. The Kier molecular flexibility index (Phi) is 3.69. The van der Waals surface area contributed by atoms with Crippen LogP contribution in [0.15, 0.2) is 24.3 Å². The Bertz CT molecular complexity index is 599. The summed E-state index contributed by atoms with van der Waals surface area (Å²) < 4.78 is 50.0. The molecular weight excluding hydrogens is 323 g/mol. The SMILES string of the molecule is O=[N+]([O-])c1ccc(OC2(C(F)(F)F)OOC3(CCCC3)O2)cc1. The largest absolute Gasteiger partial charge is 0.489 e. The van der Waals surface area contributed by atoms with Crippen molar-refractivity contribution in [2.45, 2.75) is 43.6 Å². The Hall–Kier alpha value is -1.91. The fourth-order valence-corrected chi connectivity index (χ4v) is 2.50. The molecule has 0 radical (unpaired) electrons. The van der Waals surface area contributed by atoms with Gasteiger partial charge in [-0.15, -0.1) is 4.89 Å². The second-order valence-electron chi connectivity index (χ2n) is 5.29. The molecule has 10 heteroatoms. The predicted octanol–water partition coefficient (Wildman–Crippen LogP) is 3.44. The molecule has 0 bridgehead atoms. The predicted molar refractivity (Wildman–Crippen MR) is 67.0 cm³/mol. The van der Waals surface area contributed by atoms with E-state index in [9.17, 15) is 23.3 Å². The summed E-state index contributed by atoms with van der Waals surface area (Å²) in [4.78, 5) is 19.1. The molecule has 7 nitrogen and oxygen atoms in total. The van der Waals surface area contributed by atoms with Crippen molar-refractivity contribution in [1.82, 2.24) is 0 Å². The number of halogens is 3. The number of hydrogen-bond donors (Lipinski definition) is 0. The first-order valence-corrected chi connectivity index (χ1v) is 6.83. The monoisotopic (exact) mass is 335 g/mol.